The number of benzene rings is 1. The standard InChI is InChI=1S/C16H21IO4/c1-6-11-8-12(17)15(13(9-11)19-5)20-10-14(18)21-16(3,4)7-2/h6,8-9H,1,7,10H2,2-5H3. The predicted octanol–water partition coefficient (Wildman–Crippen LogP) is 4.05. The van der Waals surface area contributed by atoms with Crippen LogP contribution in [0.15, 0.2) is 18.7 Å². The van der Waals surface area contributed by atoms with Gasteiger partial charge in [0.2, 0.25) is 0 Å². The van der Waals surface area contributed by atoms with Gasteiger partial charge in [-0.3, -0.25) is 0 Å². The van der Waals surface area contributed by atoms with E-state index in [1.54, 1.807) is 13.2 Å². The topological polar surface area (TPSA) is 44.8 Å². The van der Waals surface area contributed by atoms with Gasteiger partial charge in [-0.15, -0.1) is 0 Å². The van der Waals surface area contributed by atoms with E-state index < -0.39 is 11.6 Å². The lowest BCUT2D eigenvalue weighted by molar-refractivity contribution is -0.159. The molecule has 0 aliphatic carbocycles. The Balaban J connectivity index is 2.80. The van der Waals surface area contributed by atoms with Crippen molar-refractivity contribution in [2.45, 2.75) is 32.8 Å². The highest BCUT2D eigenvalue weighted by Gasteiger charge is 2.21. The van der Waals surface area contributed by atoms with Crippen LogP contribution in [0.4, 0.5) is 0 Å². The number of hydrogen-bond acceptors (Lipinski definition) is 4. The summed E-state index contributed by atoms with van der Waals surface area (Å²) < 4.78 is 17.1. The monoisotopic (exact) mass is 404 g/mol. The Kier molecular flexibility index (Phi) is 6.51. The minimum absolute atomic E-state index is 0.150. The van der Waals surface area contributed by atoms with E-state index in [9.17, 15) is 4.79 Å². The minimum Gasteiger partial charge on any atom is -0.493 e. The number of rotatable bonds is 7. The van der Waals surface area contributed by atoms with E-state index in [2.05, 4.69) is 29.2 Å². The third-order valence-electron chi connectivity index (χ3n) is 3.06. The zero-order valence-electron chi connectivity index (χ0n) is 12.9. The van der Waals surface area contributed by atoms with E-state index in [0.717, 1.165) is 15.6 Å². The number of carbonyl (C=O) groups excluding carboxylic acids is 1. The molecule has 0 atom stereocenters. The summed E-state index contributed by atoms with van der Waals surface area (Å²) in [6.07, 6.45) is 2.47. The molecule has 0 bridgehead atoms. The second-order valence-electron chi connectivity index (χ2n) is 5.11. The van der Waals surface area contributed by atoms with Crippen LogP contribution in [0, 0.1) is 3.57 Å². The fourth-order valence-electron chi connectivity index (χ4n) is 1.54. The van der Waals surface area contributed by atoms with Crippen LogP contribution in [0.25, 0.3) is 6.08 Å². The molecule has 0 aliphatic rings. The second kappa shape index (κ2) is 7.68. The Morgan fingerprint density at radius 1 is 1.43 bits per heavy atom. The third-order valence-corrected chi connectivity index (χ3v) is 3.86. The van der Waals surface area contributed by atoms with E-state index in [0.29, 0.717) is 11.5 Å². The van der Waals surface area contributed by atoms with Gasteiger partial charge in [-0.05, 0) is 60.6 Å². The Morgan fingerprint density at radius 3 is 2.62 bits per heavy atom. The first kappa shape index (κ1) is 17.8. The van der Waals surface area contributed by atoms with Crippen molar-refractivity contribution in [3.63, 3.8) is 0 Å². The van der Waals surface area contributed by atoms with E-state index in [-0.39, 0.29) is 6.61 Å². The molecule has 1 aromatic rings. The molecule has 0 fully saturated rings. The maximum absolute atomic E-state index is 11.8. The molecular weight excluding hydrogens is 383 g/mol. The molecule has 21 heavy (non-hydrogen) atoms. The van der Waals surface area contributed by atoms with Gasteiger partial charge >= 0.3 is 5.97 Å². The zero-order chi connectivity index (χ0) is 16.0. The quantitative estimate of drug-likeness (QED) is 0.508. The van der Waals surface area contributed by atoms with Crippen LogP contribution in [0.1, 0.15) is 32.8 Å². The summed E-state index contributed by atoms with van der Waals surface area (Å²) in [4.78, 5) is 11.8. The largest absolute Gasteiger partial charge is 0.493 e. The summed E-state index contributed by atoms with van der Waals surface area (Å²) >= 11 is 2.14. The first-order valence-electron chi connectivity index (χ1n) is 6.67. The van der Waals surface area contributed by atoms with Gasteiger partial charge < -0.3 is 14.2 Å². The van der Waals surface area contributed by atoms with Crippen LogP contribution < -0.4 is 9.47 Å². The van der Waals surface area contributed by atoms with Gasteiger partial charge in [-0.25, -0.2) is 4.79 Å². The molecule has 1 aromatic carbocycles. The van der Waals surface area contributed by atoms with Crippen LogP contribution >= 0.6 is 22.6 Å². The molecule has 0 unspecified atom stereocenters. The fourth-order valence-corrected chi connectivity index (χ4v) is 2.32. The van der Waals surface area contributed by atoms with Gasteiger partial charge in [0.05, 0.1) is 10.7 Å². The van der Waals surface area contributed by atoms with Crippen molar-refractivity contribution in [1.82, 2.24) is 0 Å². The van der Waals surface area contributed by atoms with Crippen molar-refractivity contribution >= 4 is 34.6 Å². The van der Waals surface area contributed by atoms with Crippen molar-refractivity contribution in [1.29, 1.82) is 0 Å². The molecule has 0 saturated carbocycles. The number of methoxy groups -OCH3 is 1. The van der Waals surface area contributed by atoms with Crippen molar-refractivity contribution in [2.24, 2.45) is 0 Å². The van der Waals surface area contributed by atoms with Crippen LogP contribution in [-0.4, -0.2) is 25.3 Å². The Hall–Kier alpha value is -1.24. The normalized spacial score (nSPS) is 10.9. The first-order chi connectivity index (χ1) is 9.82. The summed E-state index contributed by atoms with van der Waals surface area (Å²) in [5, 5.41) is 0. The van der Waals surface area contributed by atoms with Gasteiger partial charge in [0.15, 0.2) is 18.1 Å². The molecule has 0 N–H and O–H groups in total. The second-order valence-corrected chi connectivity index (χ2v) is 6.28. The smallest absolute Gasteiger partial charge is 0.344 e. The number of halogens is 1. The molecule has 0 amide bonds. The predicted molar refractivity (Wildman–Crippen MR) is 91.8 cm³/mol. The van der Waals surface area contributed by atoms with E-state index >= 15 is 0 Å². The van der Waals surface area contributed by atoms with Crippen molar-refractivity contribution < 1.29 is 19.0 Å². The summed E-state index contributed by atoms with van der Waals surface area (Å²) in [5.74, 6) is 0.710. The van der Waals surface area contributed by atoms with Crippen LogP contribution in [0.3, 0.4) is 0 Å². The molecule has 0 aromatic heterocycles. The Bertz CT molecular complexity index is 523. The summed E-state index contributed by atoms with van der Waals surface area (Å²) in [7, 11) is 1.56. The van der Waals surface area contributed by atoms with Gasteiger partial charge in [-0.2, -0.15) is 0 Å². The molecule has 5 heteroatoms. The lowest BCUT2D eigenvalue weighted by Crippen LogP contribution is -2.30. The molecule has 0 heterocycles. The number of ether oxygens (including phenoxy) is 3. The molecule has 0 radical (unpaired) electrons. The highest BCUT2D eigenvalue weighted by Crippen LogP contribution is 2.34. The molecule has 0 saturated heterocycles. The number of carbonyl (C=O) groups is 1. The molecular formula is C16H21IO4. The number of hydrogen-bond donors (Lipinski definition) is 0. The lowest BCUT2D eigenvalue weighted by atomic mass is 10.1. The first-order valence-corrected chi connectivity index (χ1v) is 7.75. The maximum atomic E-state index is 11.8. The van der Waals surface area contributed by atoms with Crippen molar-refractivity contribution in [2.75, 3.05) is 13.7 Å². The highest BCUT2D eigenvalue weighted by molar-refractivity contribution is 14.1. The SMILES string of the molecule is C=Cc1cc(I)c(OCC(=O)OC(C)(C)CC)c(OC)c1. The van der Waals surface area contributed by atoms with Gasteiger partial charge in [-0.1, -0.05) is 19.6 Å². The molecule has 0 spiro atoms. The third kappa shape index (κ3) is 5.22. The van der Waals surface area contributed by atoms with Crippen LogP contribution in [0.2, 0.25) is 0 Å². The van der Waals surface area contributed by atoms with Gasteiger partial charge in [0.1, 0.15) is 5.60 Å². The maximum Gasteiger partial charge on any atom is 0.344 e. The van der Waals surface area contributed by atoms with Crippen LogP contribution in [0.5, 0.6) is 11.5 Å². The molecule has 116 valence electrons. The van der Waals surface area contributed by atoms with Crippen molar-refractivity contribution in [3.05, 3.63) is 27.8 Å². The molecule has 0 aliphatic heterocycles. The van der Waals surface area contributed by atoms with E-state index in [4.69, 9.17) is 14.2 Å². The van der Waals surface area contributed by atoms with Gasteiger partial charge in [0, 0.05) is 0 Å². The average Bonchev–Trinajstić information content (AvgIpc) is 2.44. The summed E-state index contributed by atoms with van der Waals surface area (Å²) in [6.45, 7) is 9.28. The van der Waals surface area contributed by atoms with Gasteiger partial charge in [0.25, 0.3) is 0 Å². The van der Waals surface area contributed by atoms with Crippen molar-refractivity contribution in [3.8, 4) is 11.5 Å². The fraction of sp³-hybridized carbons (Fsp3) is 0.438. The van der Waals surface area contributed by atoms with E-state index in [1.165, 1.54) is 0 Å². The molecule has 1 rings (SSSR count). The zero-order valence-corrected chi connectivity index (χ0v) is 15.0. The lowest BCUT2D eigenvalue weighted by Gasteiger charge is -2.23. The average molecular weight is 404 g/mol. The highest BCUT2D eigenvalue weighted by atomic mass is 127. The summed E-state index contributed by atoms with van der Waals surface area (Å²) in [5.41, 5.74) is 0.447. The Labute approximate surface area is 139 Å². The summed E-state index contributed by atoms with van der Waals surface area (Å²) in [6, 6.07) is 3.72. The minimum atomic E-state index is -0.482. The Morgan fingerprint density at radius 2 is 2.10 bits per heavy atom. The van der Waals surface area contributed by atoms with Crippen LogP contribution in [-0.2, 0) is 9.53 Å². The molecule has 4 nitrogen and oxygen atoms in total. The van der Waals surface area contributed by atoms with E-state index in [1.807, 2.05) is 32.9 Å². The number of esters is 1.